The molecule has 58 heavy (non-hydrogen) atoms. The number of hydrogen-bond donors (Lipinski definition) is 7. The summed E-state index contributed by atoms with van der Waals surface area (Å²) in [6.45, 7) is 6.99. The summed E-state index contributed by atoms with van der Waals surface area (Å²) in [6.07, 6.45) is 7.94. The third kappa shape index (κ3) is 10.1. The van der Waals surface area contributed by atoms with Crippen molar-refractivity contribution < 1.29 is 39.6 Å². The van der Waals surface area contributed by atoms with E-state index in [1.165, 1.54) is 13.8 Å². The molecule has 306 valence electrons. The highest BCUT2D eigenvalue weighted by Crippen LogP contribution is 2.43. The lowest BCUT2D eigenvalue weighted by Gasteiger charge is -2.19. The van der Waals surface area contributed by atoms with Gasteiger partial charge in [-0.1, -0.05) is 30.7 Å². The zero-order chi connectivity index (χ0) is 41.7. The Morgan fingerprint density at radius 3 is 1.66 bits per heavy atom. The van der Waals surface area contributed by atoms with Crippen molar-refractivity contribution in [2.75, 3.05) is 10.6 Å². The van der Waals surface area contributed by atoms with Gasteiger partial charge in [-0.05, 0) is 153 Å². The van der Waals surface area contributed by atoms with Crippen LogP contribution in [0.15, 0.2) is 60.9 Å². The molecule has 0 unspecified atom stereocenters. The van der Waals surface area contributed by atoms with E-state index in [0.717, 1.165) is 83.0 Å². The molecule has 4 atom stereocenters. The van der Waals surface area contributed by atoms with Crippen molar-refractivity contribution in [3.05, 3.63) is 106 Å². The zero-order valence-corrected chi connectivity index (χ0v) is 33.4. The van der Waals surface area contributed by atoms with Crippen LogP contribution >= 0.6 is 0 Å². The normalized spacial score (nSPS) is 15.9. The van der Waals surface area contributed by atoms with E-state index in [9.17, 15) is 39.6 Å². The SMILES string of the molecule is Cc1c(NC(=O)c2cc(C3CC3)c(CCCC[C@H](C(=O)O)[C@@H](C)O)cn2)cccc1-c1cccc(NC(=O)c2cc(C3CC3)c(CN[C@H](C(=O)O)[C@@H](C)O)cn2)c1C. The standard InChI is InChI=1S/C45H53N5O8/c1-24-32(11-7-13-37(24)49-42(53)39-19-35(28-15-16-28)30(21-46-39)9-5-6-10-34(26(3)51)44(55)56)33-12-8-14-38(25(33)2)50-43(54)40-20-36(29-17-18-29)31(22-47-40)23-48-41(27(4)52)45(57)58/h7-8,11-14,19-22,26-29,34,41,48,51-52H,5-6,9-10,15-18,23H2,1-4H3,(H,49,53)(H,50,54)(H,55,56)(H,57,58)/t26-,27-,34+,41+/m1/s1. The van der Waals surface area contributed by atoms with Crippen LogP contribution in [0.1, 0.15) is 125 Å². The van der Waals surface area contributed by atoms with E-state index in [0.29, 0.717) is 35.8 Å². The number of aliphatic hydroxyl groups is 2. The topological polar surface area (TPSA) is 211 Å². The van der Waals surface area contributed by atoms with Crippen LogP contribution in [0.3, 0.4) is 0 Å². The minimum Gasteiger partial charge on any atom is -0.481 e. The van der Waals surface area contributed by atoms with E-state index < -0.39 is 36.1 Å². The molecule has 0 saturated heterocycles. The van der Waals surface area contributed by atoms with Gasteiger partial charge in [-0.15, -0.1) is 0 Å². The molecule has 2 aromatic heterocycles. The van der Waals surface area contributed by atoms with Gasteiger partial charge in [0.25, 0.3) is 11.8 Å². The largest absolute Gasteiger partial charge is 0.481 e. The van der Waals surface area contributed by atoms with Gasteiger partial charge < -0.3 is 31.1 Å². The monoisotopic (exact) mass is 791 g/mol. The van der Waals surface area contributed by atoms with Crippen LogP contribution in [0.25, 0.3) is 11.1 Å². The highest BCUT2D eigenvalue weighted by atomic mass is 16.4. The first-order valence-corrected chi connectivity index (χ1v) is 20.1. The Hall–Kier alpha value is -5.50. The van der Waals surface area contributed by atoms with Crippen LogP contribution in [-0.2, 0) is 22.6 Å². The van der Waals surface area contributed by atoms with E-state index in [1.807, 2.05) is 56.3 Å². The number of nitrogens with one attached hydrogen (secondary N) is 3. The van der Waals surface area contributed by atoms with Crippen LogP contribution in [0.5, 0.6) is 0 Å². The van der Waals surface area contributed by atoms with Gasteiger partial charge in [-0.25, -0.2) is 0 Å². The van der Waals surface area contributed by atoms with Gasteiger partial charge in [0.2, 0.25) is 0 Å². The summed E-state index contributed by atoms with van der Waals surface area (Å²) in [5.41, 5.74) is 9.17. The smallest absolute Gasteiger partial charge is 0.323 e. The number of rotatable bonds is 19. The fourth-order valence-electron chi connectivity index (χ4n) is 7.59. The van der Waals surface area contributed by atoms with Gasteiger partial charge in [0, 0.05) is 30.3 Å². The fourth-order valence-corrected chi connectivity index (χ4v) is 7.59. The van der Waals surface area contributed by atoms with Crippen molar-refractivity contribution in [3.8, 4) is 11.1 Å². The fraction of sp³-hybridized carbons (Fsp3) is 0.422. The molecule has 7 N–H and O–H groups in total. The number of carbonyl (C=O) groups is 4. The summed E-state index contributed by atoms with van der Waals surface area (Å²) in [6, 6.07) is 13.9. The number of hydrogen-bond acceptors (Lipinski definition) is 9. The van der Waals surface area contributed by atoms with Crippen molar-refractivity contribution in [3.63, 3.8) is 0 Å². The number of nitrogens with zero attached hydrogens (tertiary/aromatic N) is 2. The molecular weight excluding hydrogens is 739 g/mol. The number of amides is 2. The summed E-state index contributed by atoms with van der Waals surface area (Å²) < 4.78 is 0. The Morgan fingerprint density at radius 2 is 1.21 bits per heavy atom. The van der Waals surface area contributed by atoms with Crippen molar-refractivity contribution in [2.45, 2.75) is 116 Å². The first-order chi connectivity index (χ1) is 27.7. The van der Waals surface area contributed by atoms with E-state index in [-0.39, 0.29) is 30.0 Å². The first kappa shape index (κ1) is 42.1. The summed E-state index contributed by atoms with van der Waals surface area (Å²) in [7, 11) is 0. The molecule has 2 aliphatic carbocycles. The number of aliphatic hydroxyl groups excluding tert-OH is 2. The van der Waals surface area contributed by atoms with Crippen molar-refractivity contribution >= 4 is 35.1 Å². The second kappa shape index (κ2) is 18.4. The number of aryl methyl sites for hydroxylation is 1. The molecule has 2 fully saturated rings. The zero-order valence-electron chi connectivity index (χ0n) is 33.4. The average Bonchev–Trinajstić information content (AvgIpc) is 4.11. The highest BCUT2D eigenvalue weighted by Gasteiger charge is 2.30. The number of carboxylic acids is 2. The van der Waals surface area contributed by atoms with E-state index in [2.05, 4.69) is 25.9 Å². The molecule has 13 nitrogen and oxygen atoms in total. The predicted molar refractivity (Wildman–Crippen MR) is 220 cm³/mol. The quantitative estimate of drug-likeness (QED) is 0.0495. The third-order valence-corrected chi connectivity index (χ3v) is 11.4. The lowest BCUT2D eigenvalue weighted by Crippen LogP contribution is -2.44. The van der Waals surface area contributed by atoms with E-state index in [4.69, 9.17) is 0 Å². The Bertz CT molecular complexity index is 2180. The summed E-state index contributed by atoms with van der Waals surface area (Å²) in [5.74, 6) is -2.98. The van der Waals surface area contributed by atoms with Gasteiger partial charge in [0.1, 0.15) is 17.4 Å². The maximum atomic E-state index is 13.6. The van der Waals surface area contributed by atoms with Crippen LogP contribution in [0.4, 0.5) is 11.4 Å². The van der Waals surface area contributed by atoms with Gasteiger partial charge >= 0.3 is 11.9 Å². The number of carbonyl (C=O) groups excluding carboxylic acids is 2. The van der Waals surface area contributed by atoms with E-state index in [1.54, 1.807) is 18.5 Å². The van der Waals surface area contributed by atoms with Gasteiger partial charge in [0.15, 0.2) is 0 Å². The molecule has 2 aliphatic rings. The Morgan fingerprint density at radius 1 is 0.707 bits per heavy atom. The first-order valence-electron chi connectivity index (χ1n) is 20.1. The highest BCUT2D eigenvalue weighted by molar-refractivity contribution is 6.05. The number of carboxylic acid groups (broad SMARTS) is 2. The molecule has 6 rings (SSSR count). The minimum absolute atomic E-state index is 0.193. The lowest BCUT2D eigenvalue weighted by molar-refractivity contribution is -0.145. The number of pyridine rings is 2. The number of aliphatic carboxylic acids is 2. The summed E-state index contributed by atoms with van der Waals surface area (Å²) in [4.78, 5) is 59.2. The Labute approximate surface area is 338 Å². The number of aromatic nitrogens is 2. The minimum atomic E-state index is -1.15. The number of unbranched alkanes of at least 4 members (excludes halogenated alkanes) is 1. The molecule has 2 saturated carbocycles. The van der Waals surface area contributed by atoms with Crippen LogP contribution in [0, 0.1) is 19.8 Å². The van der Waals surface area contributed by atoms with Crippen molar-refractivity contribution in [1.29, 1.82) is 0 Å². The molecule has 0 aliphatic heterocycles. The second-order valence-corrected chi connectivity index (χ2v) is 15.8. The van der Waals surface area contributed by atoms with Crippen molar-refractivity contribution in [2.24, 2.45) is 5.92 Å². The molecule has 2 amide bonds. The summed E-state index contributed by atoms with van der Waals surface area (Å²) in [5, 5.41) is 47.5. The Kier molecular flexibility index (Phi) is 13.4. The predicted octanol–water partition coefficient (Wildman–Crippen LogP) is 6.74. The van der Waals surface area contributed by atoms with Crippen molar-refractivity contribution in [1.82, 2.24) is 15.3 Å². The van der Waals surface area contributed by atoms with Crippen LogP contribution < -0.4 is 16.0 Å². The maximum absolute atomic E-state index is 13.6. The number of benzene rings is 2. The number of anilines is 2. The van der Waals surface area contributed by atoms with E-state index >= 15 is 0 Å². The van der Waals surface area contributed by atoms with Crippen LogP contribution in [-0.4, -0.2) is 72.4 Å². The molecular formula is C45H53N5O8. The Balaban J connectivity index is 1.14. The molecule has 0 spiro atoms. The van der Waals surface area contributed by atoms with Gasteiger partial charge in [-0.3, -0.25) is 34.5 Å². The molecule has 0 radical (unpaired) electrons. The maximum Gasteiger partial charge on any atom is 0.323 e. The summed E-state index contributed by atoms with van der Waals surface area (Å²) >= 11 is 0. The molecule has 4 aromatic rings. The lowest BCUT2D eigenvalue weighted by atomic mass is 9.94. The van der Waals surface area contributed by atoms with Gasteiger partial charge in [-0.2, -0.15) is 0 Å². The molecule has 2 aromatic carbocycles. The third-order valence-electron chi connectivity index (χ3n) is 11.4. The van der Waals surface area contributed by atoms with Crippen LogP contribution in [0.2, 0.25) is 0 Å². The molecule has 0 bridgehead atoms. The average molecular weight is 792 g/mol. The molecule has 2 heterocycles. The second-order valence-electron chi connectivity index (χ2n) is 15.8. The van der Waals surface area contributed by atoms with Gasteiger partial charge in [0.05, 0.1) is 18.1 Å². The molecule has 13 heteroatoms.